The van der Waals surface area contributed by atoms with Crippen molar-refractivity contribution in [3.8, 4) is 5.75 Å². The summed E-state index contributed by atoms with van der Waals surface area (Å²) in [6.45, 7) is 18.0. The van der Waals surface area contributed by atoms with Crippen LogP contribution in [0.5, 0.6) is 5.75 Å². The number of urea groups is 1. The van der Waals surface area contributed by atoms with Gasteiger partial charge in [-0.1, -0.05) is 60.6 Å². The van der Waals surface area contributed by atoms with Crippen molar-refractivity contribution in [1.82, 2.24) is 10.2 Å². The molecule has 1 aromatic carbocycles. The zero-order chi connectivity index (χ0) is 19.7. The number of nitrogens with one attached hydrogen (secondary N) is 1. The Morgan fingerprint density at radius 1 is 1.04 bits per heavy atom. The zero-order valence-corrected chi connectivity index (χ0v) is 17.8. The summed E-state index contributed by atoms with van der Waals surface area (Å²) in [6, 6.07) is 8.31. The van der Waals surface area contributed by atoms with Crippen LogP contribution in [0.25, 0.3) is 0 Å². The van der Waals surface area contributed by atoms with Crippen molar-refractivity contribution in [2.24, 2.45) is 11.8 Å². The highest BCUT2D eigenvalue weighted by atomic mass is 16.5. The van der Waals surface area contributed by atoms with E-state index in [4.69, 9.17) is 4.74 Å². The lowest BCUT2D eigenvalue weighted by Crippen LogP contribution is -2.44. The maximum atomic E-state index is 12.4. The average molecular weight is 363 g/mol. The molecule has 0 radical (unpaired) electrons. The number of carbonyl (C=O) groups is 1. The first kappa shape index (κ1) is 22.3. The fourth-order valence-electron chi connectivity index (χ4n) is 2.74. The van der Waals surface area contributed by atoms with Crippen LogP contribution in [0.15, 0.2) is 24.3 Å². The average Bonchev–Trinajstić information content (AvgIpc) is 2.52. The Morgan fingerprint density at radius 3 is 2.04 bits per heavy atom. The number of nitrogens with zero attached hydrogens (tertiary/aromatic N) is 1. The van der Waals surface area contributed by atoms with Gasteiger partial charge in [-0.2, -0.15) is 0 Å². The van der Waals surface area contributed by atoms with Gasteiger partial charge in [-0.05, 0) is 41.4 Å². The highest BCUT2D eigenvalue weighted by molar-refractivity contribution is 5.74. The standard InChI is InChI=1S/C22H38N2O2/c1-17(2)15-24(16-18(3)4)21(25)23-13-8-14-26-20-11-9-19(10-12-20)22(5,6)7/h9-12,17-18H,8,13-16H2,1-7H3,(H,23,25). The third kappa shape index (κ3) is 8.59. The van der Waals surface area contributed by atoms with Crippen LogP contribution in [0.4, 0.5) is 4.79 Å². The summed E-state index contributed by atoms with van der Waals surface area (Å²) in [6.07, 6.45) is 0.796. The Kier molecular flexibility index (Phi) is 8.97. The topological polar surface area (TPSA) is 41.6 Å². The van der Waals surface area contributed by atoms with E-state index in [0.717, 1.165) is 25.3 Å². The maximum absolute atomic E-state index is 12.4. The van der Waals surface area contributed by atoms with E-state index >= 15 is 0 Å². The lowest BCUT2D eigenvalue weighted by molar-refractivity contribution is 0.182. The van der Waals surface area contributed by atoms with Crippen molar-refractivity contribution in [2.75, 3.05) is 26.2 Å². The summed E-state index contributed by atoms with van der Waals surface area (Å²) in [4.78, 5) is 14.3. The van der Waals surface area contributed by atoms with E-state index in [1.807, 2.05) is 17.0 Å². The monoisotopic (exact) mass is 362 g/mol. The van der Waals surface area contributed by atoms with Crippen LogP contribution in [-0.4, -0.2) is 37.2 Å². The molecule has 0 spiro atoms. The van der Waals surface area contributed by atoms with Crippen LogP contribution in [-0.2, 0) is 5.41 Å². The van der Waals surface area contributed by atoms with Crippen molar-refractivity contribution in [1.29, 1.82) is 0 Å². The quantitative estimate of drug-likeness (QED) is 0.623. The van der Waals surface area contributed by atoms with Crippen molar-refractivity contribution in [3.63, 3.8) is 0 Å². The zero-order valence-electron chi connectivity index (χ0n) is 17.8. The molecule has 1 aromatic rings. The second-order valence-electron chi connectivity index (χ2n) is 8.90. The fraction of sp³-hybridized carbons (Fsp3) is 0.682. The summed E-state index contributed by atoms with van der Waals surface area (Å²) < 4.78 is 5.78. The van der Waals surface area contributed by atoms with E-state index in [-0.39, 0.29) is 11.4 Å². The SMILES string of the molecule is CC(C)CN(CC(C)C)C(=O)NCCCOc1ccc(C(C)(C)C)cc1. The Morgan fingerprint density at radius 2 is 1.58 bits per heavy atom. The Labute approximate surface area is 160 Å². The van der Waals surface area contributed by atoms with Crippen molar-refractivity contribution in [2.45, 2.75) is 60.3 Å². The minimum Gasteiger partial charge on any atom is -0.494 e. The number of ether oxygens (including phenoxy) is 1. The van der Waals surface area contributed by atoms with Gasteiger partial charge in [-0.3, -0.25) is 0 Å². The molecule has 2 amide bonds. The highest BCUT2D eigenvalue weighted by Gasteiger charge is 2.15. The van der Waals surface area contributed by atoms with Crippen LogP contribution in [0.1, 0.15) is 60.5 Å². The molecule has 0 aromatic heterocycles. The maximum Gasteiger partial charge on any atom is 0.317 e. The van der Waals surface area contributed by atoms with Crippen LogP contribution >= 0.6 is 0 Å². The van der Waals surface area contributed by atoms with Crippen LogP contribution in [0.2, 0.25) is 0 Å². The van der Waals surface area contributed by atoms with E-state index in [9.17, 15) is 4.79 Å². The van der Waals surface area contributed by atoms with Gasteiger partial charge in [0.15, 0.2) is 0 Å². The molecule has 4 nitrogen and oxygen atoms in total. The molecule has 0 aliphatic rings. The molecular formula is C22H38N2O2. The highest BCUT2D eigenvalue weighted by Crippen LogP contribution is 2.24. The molecule has 0 heterocycles. The summed E-state index contributed by atoms with van der Waals surface area (Å²) in [5.41, 5.74) is 1.45. The normalized spacial score (nSPS) is 11.7. The van der Waals surface area contributed by atoms with Crippen molar-refractivity contribution < 1.29 is 9.53 Å². The fourth-order valence-corrected chi connectivity index (χ4v) is 2.74. The summed E-state index contributed by atoms with van der Waals surface area (Å²) >= 11 is 0. The predicted octanol–water partition coefficient (Wildman–Crippen LogP) is 5.08. The third-order valence-corrected chi connectivity index (χ3v) is 4.04. The molecule has 0 bridgehead atoms. The first-order valence-electron chi connectivity index (χ1n) is 9.85. The van der Waals surface area contributed by atoms with Gasteiger partial charge in [-0.25, -0.2) is 4.79 Å². The Hall–Kier alpha value is -1.71. The molecule has 26 heavy (non-hydrogen) atoms. The van der Waals surface area contributed by atoms with E-state index in [0.29, 0.717) is 25.0 Å². The minimum absolute atomic E-state index is 0.0296. The first-order chi connectivity index (χ1) is 12.1. The summed E-state index contributed by atoms with van der Waals surface area (Å²) in [5.74, 6) is 1.82. The molecule has 1 rings (SSSR count). The molecule has 0 unspecified atom stereocenters. The van der Waals surface area contributed by atoms with Gasteiger partial charge >= 0.3 is 6.03 Å². The van der Waals surface area contributed by atoms with Gasteiger partial charge in [0.25, 0.3) is 0 Å². The smallest absolute Gasteiger partial charge is 0.317 e. The number of amides is 2. The van der Waals surface area contributed by atoms with Gasteiger partial charge in [-0.15, -0.1) is 0 Å². The van der Waals surface area contributed by atoms with Crippen molar-refractivity contribution in [3.05, 3.63) is 29.8 Å². The summed E-state index contributed by atoms with van der Waals surface area (Å²) in [7, 11) is 0. The third-order valence-electron chi connectivity index (χ3n) is 4.04. The van der Waals surface area contributed by atoms with Gasteiger partial charge in [0, 0.05) is 19.6 Å². The van der Waals surface area contributed by atoms with Crippen LogP contribution in [0.3, 0.4) is 0 Å². The van der Waals surface area contributed by atoms with E-state index in [1.54, 1.807) is 0 Å². The number of benzene rings is 1. The van der Waals surface area contributed by atoms with Gasteiger partial charge in [0.05, 0.1) is 6.61 Å². The van der Waals surface area contributed by atoms with Crippen LogP contribution in [0, 0.1) is 11.8 Å². The Bertz CT molecular complexity index is 520. The number of carbonyl (C=O) groups excluding carboxylic acids is 1. The molecule has 1 N–H and O–H groups in total. The molecule has 0 fully saturated rings. The minimum atomic E-state index is 0.0296. The van der Waals surface area contributed by atoms with E-state index in [2.05, 4.69) is 65.9 Å². The second-order valence-corrected chi connectivity index (χ2v) is 8.90. The first-order valence-corrected chi connectivity index (χ1v) is 9.85. The summed E-state index contributed by atoms with van der Waals surface area (Å²) in [5, 5.41) is 3.02. The molecular weight excluding hydrogens is 324 g/mol. The molecule has 0 aliphatic carbocycles. The van der Waals surface area contributed by atoms with Crippen molar-refractivity contribution >= 4 is 6.03 Å². The predicted molar refractivity (Wildman–Crippen MR) is 110 cm³/mol. The molecule has 4 heteroatoms. The molecule has 0 aliphatic heterocycles. The van der Waals surface area contributed by atoms with Gasteiger partial charge in [0.1, 0.15) is 5.75 Å². The molecule has 148 valence electrons. The lowest BCUT2D eigenvalue weighted by Gasteiger charge is -2.26. The van der Waals surface area contributed by atoms with Gasteiger partial charge in [0.2, 0.25) is 0 Å². The largest absolute Gasteiger partial charge is 0.494 e. The van der Waals surface area contributed by atoms with E-state index < -0.39 is 0 Å². The number of hydrogen-bond acceptors (Lipinski definition) is 2. The number of hydrogen-bond donors (Lipinski definition) is 1. The molecule has 0 atom stereocenters. The van der Waals surface area contributed by atoms with Crippen LogP contribution < -0.4 is 10.1 Å². The lowest BCUT2D eigenvalue weighted by atomic mass is 9.87. The molecule has 0 saturated heterocycles. The Balaban J connectivity index is 2.33. The molecule has 0 saturated carbocycles. The van der Waals surface area contributed by atoms with Gasteiger partial charge < -0.3 is 15.0 Å². The van der Waals surface area contributed by atoms with E-state index in [1.165, 1.54) is 5.56 Å². The number of rotatable bonds is 9. The second kappa shape index (κ2) is 10.4.